The number of para-hydroxylation sites is 1. The molecule has 1 spiro atoms. The summed E-state index contributed by atoms with van der Waals surface area (Å²) in [7, 11) is 0. The molecule has 4 rings (SSSR count). The van der Waals surface area contributed by atoms with E-state index in [1.54, 1.807) is 4.90 Å². The van der Waals surface area contributed by atoms with Gasteiger partial charge in [0.1, 0.15) is 11.6 Å². The molecule has 8 nitrogen and oxygen atoms in total. The molecule has 2 bridgehead atoms. The van der Waals surface area contributed by atoms with Gasteiger partial charge in [-0.05, 0) is 69.9 Å². The summed E-state index contributed by atoms with van der Waals surface area (Å²) in [6.45, 7) is 10.9. The Labute approximate surface area is 214 Å². The summed E-state index contributed by atoms with van der Waals surface area (Å²) in [6.07, 6.45) is 3.41. The molecule has 3 heterocycles. The minimum Gasteiger partial charge on any atom is -0.396 e. The second kappa shape index (κ2) is 10.1. The van der Waals surface area contributed by atoms with E-state index in [2.05, 4.69) is 17.6 Å². The molecular weight excluding hydrogens is 458 g/mol. The Bertz CT molecular complexity index is 1010. The number of carbonyl (C=O) groups excluding carboxylic acids is 3. The highest BCUT2D eigenvalue weighted by molar-refractivity contribution is 6.04. The van der Waals surface area contributed by atoms with Gasteiger partial charge >= 0.3 is 0 Å². The van der Waals surface area contributed by atoms with Crippen LogP contribution in [-0.4, -0.2) is 64.7 Å². The standard InChI is InChI=1S/C28H41N3O5/c1-6-13-29-24(33)20-21-26(35)31(14-8-7-9-15-32)23(28(21)16-19(4)27(20,5)36-28)25(34)30-22-17(2)11-10-12-18(22)3/h10-12,19-21,23,32H,6-9,13-16H2,1-5H3,(H,29,33)(H,30,34)/t19?,20-,21-,23?,27+,28?/m0/s1. The zero-order valence-corrected chi connectivity index (χ0v) is 22.2. The number of unbranched alkanes of at least 4 members (excludes halogenated alkanes) is 2. The maximum atomic E-state index is 14.0. The number of nitrogens with one attached hydrogen (secondary N) is 2. The number of amides is 3. The number of hydrogen-bond donors (Lipinski definition) is 3. The Morgan fingerprint density at radius 2 is 1.86 bits per heavy atom. The van der Waals surface area contributed by atoms with Crippen molar-refractivity contribution >= 4 is 23.4 Å². The SMILES string of the molecule is CCCNC(=O)[C@@H]1[C@H]2C(=O)N(CCCCCO)C(C(=O)Nc3c(C)cccc3C)C23CC(C)[C@@]1(C)O3. The Morgan fingerprint density at radius 3 is 2.50 bits per heavy atom. The lowest BCUT2D eigenvalue weighted by molar-refractivity contribution is -0.146. The van der Waals surface area contributed by atoms with Gasteiger partial charge in [-0.25, -0.2) is 0 Å². The van der Waals surface area contributed by atoms with Crippen molar-refractivity contribution in [3.05, 3.63) is 29.3 Å². The number of aliphatic hydroxyl groups excluding tert-OH is 1. The molecule has 3 saturated heterocycles. The number of fused-ring (bicyclic) bond motifs is 1. The van der Waals surface area contributed by atoms with Gasteiger partial charge in [-0.3, -0.25) is 14.4 Å². The van der Waals surface area contributed by atoms with Crippen LogP contribution < -0.4 is 10.6 Å². The normalized spacial score (nSPS) is 32.6. The average Bonchev–Trinajstić information content (AvgIpc) is 3.34. The molecule has 0 aromatic heterocycles. The molecule has 8 heteroatoms. The van der Waals surface area contributed by atoms with E-state index in [4.69, 9.17) is 4.74 Å². The molecule has 3 N–H and O–H groups in total. The number of carbonyl (C=O) groups is 3. The summed E-state index contributed by atoms with van der Waals surface area (Å²) in [4.78, 5) is 43.1. The minimum absolute atomic E-state index is 0.0174. The monoisotopic (exact) mass is 499 g/mol. The van der Waals surface area contributed by atoms with Crippen LogP contribution in [0.3, 0.4) is 0 Å². The van der Waals surface area contributed by atoms with Crippen LogP contribution in [-0.2, 0) is 19.1 Å². The number of aliphatic hydroxyl groups is 1. The molecular formula is C28H41N3O5. The number of ether oxygens (including phenoxy) is 1. The Kier molecular flexibility index (Phi) is 7.49. The quantitative estimate of drug-likeness (QED) is 0.429. The van der Waals surface area contributed by atoms with Gasteiger partial charge < -0.3 is 25.4 Å². The van der Waals surface area contributed by atoms with Crippen molar-refractivity contribution < 1.29 is 24.2 Å². The van der Waals surface area contributed by atoms with Crippen molar-refractivity contribution in [1.29, 1.82) is 0 Å². The van der Waals surface area contributed by atoms with Crippen LogP contribution in [0.1, 0.15) is 64.0 Å². The zero-order chi connectivity index (χ0) is 26.3. The maximum Gasteiger partial charge on any atom is 0.250 e. The average molecular weight is 500 g/mol. The molecule has 3 amide bonds. The van der Waals surface area contributed by atoms with Crippen LogP contribution in [0.4, 0.5) is 5.69 Å². The topological polar surface area (TPSA) is 108 Å². The van der Waals surface area contributed by atoms with Crippen molar-refractivity contribution in [3.63, 3.8) is 0 Å². The predicted molar refractivity (Wildman–Crippen MR) is 137 cm³/mol. The number of anilines is 1. The molecule has 3 fully saturated rings. The van der Waals surface area contributed by atoms with E-state index in [-0.39, 0.29) is 30.2 Å². The van der Waals surface area contributed by atoms with Crippen molar-refractivity contribution in [1.82, 2.24) is 10.2 Å². The van der Waals surface area contributed by atoms with Gasteiger partial charge in [-0.1, -0.05) is 32.0 Å². The highest BCUT2D eigenvalue weighted by atomic mass is 16.5. The first-order valence-electron chi connectivity index (χ1n) is 13.4. The molecule has 3 aliphatic rings. The second-order valence-electron chi connectivity index (χ2n) is 11.1. The summed E-state index contributed by atoms with van der Waals surface area (Å²) in [6, 6.07) is 5.03. The molecule has 3 aliphatic heterocycles. The fourth-order valence-corrected chi connectivity index (χ4v) is 6.81. The molecule has 198 valence electrons. The molecule has 36 heavy (non-hydrogen) atoms. The molecule has 0 saturated carbocycles. The van der Waals surface area contributed by atoms with Gasteiger partial charge in [0.2, 0.25) is 17.7 Å². The summed E-state index contributed by atoms with van der Waals surface area (Å²) in [5.41, 5.74) is 0.795. The van der Waals surface area contributed by atoms with Gasteiger partial charge in [0, 0.05) is 25.4 Å². The highest BCUT2D eigenvalue weighted by Crippen LogP contribution is 2.65. The third-order valence-corrected chi connectivity index (χ3v) is 8.68. The number of benzene rings is 1. The molecule has 1 aromatic rings. The minimum atomic E-state index is -1.04. The van der Waals surface area contributed by atoms with Gasteiger partial charge in [0.05, 0.1) is 17.4 Å². The second-order valence-corrected chi connectivity index (χ2v) is 11.1. The molecule has 1 aromatic carbocycles. The van der Waals surface area contributed by atoms with Gasteiger partial charge in [0.25, 0.3) is 0 Å². The fourth-order valence-electron chi connectivity index (χ4n) is 6.81. The number of aryl methyl sites for hydroxylation is 2. The van der Waals surface area contributed by atoms with Crippen LogP contribution in [0.2, 0.25) is 0 Å². The van der Waals surface area contributed by atoms with E-state index >= 15 is 0 Å². The maximum absolute atomic E-state index is 14.0. The van der Waals surface area contributed by atoms with E-state index in [0.717, 1.165) is 29.7 Å². The van der Waals surface area contributed by atoms with Crippen LogP contribution in [0.15, 0.2) is 18.2 Å². The summed E-state index contributed by atoms with van der Waals surface area (Å²) in [5.74, 6) is -1.92. The van der Waals surface area contributed by atoms with E-state index in [0.29, 0.717) is 32.4 Å². The third kappa shape index (κ3) is 4.12. The first-order chi connectivity index (χ1) is 17.1. The van der Waals surface area contributed by atoms with Crippen LogP contribution >= 0.6 is 0 Å². The first kappa shape index (κ1) is 26.6. The predicted octanol–water partition coefficient (Wildman–Crippen LogP) is 2.94. The van der Waals surface area contributed by atoms with E-state index in [9.17, 15) is 19.5 Å². The summed E-state index contributed by atoms with van der Waals surface area (Å²) >= 11 is 0. The van der Waals surface area contributed by atoms with E-state index in [1.165, 1.54) is 0 Å². The Hall–Kier alpha value is -2.45. The largest absolute Gasteiger partial charge is 0.396 e. The van der Waals surface area contributed by atoms with Crippen molar-refractivity contribution in [2.75, 3.05) is 25.0 Å². The Balaban J connectivity index is 1.73. The lowest BCUT2D eigenvalue weighted by Gasteiger charge is -2.36. The van der Waals surface area contributed by atoms with Crippen LogP contribution in [0.25, 0.3) is 0 Å². The van der Waals surface area contributed by atoms with Crippen molar-refractivity contribution in [2.45, 2.75) is 84.0 Å². The van der Waals surface area contributed by atoms with Crippen molar-refractivity contribution in [2.24, 2.45) is 17.8 Å². The third-order valence-electron chi connectivity index (χ3n) is 8.68. The molecule has 0 radical (unpaired) electrons. The fraction of sp³-hybridized carbons (Fsp3) is 0.679. The number of rotatable bonds is 10. The van der Waals surface area contributed by atoms with E-state index in [1.807, 2.05) is 45.9 Å². The van der Waals surface area contributed by atoms with Crippen molar-refractivity contribution in [3.8, 4) is 0 Å². The number of likely N-dealkylation sites (tertiary alicyclic amines) is 1. The highest BCUT2D eigenvalue weighted by Gasteiger charge is 2.79. The number of hydrogen-bond acceptors (Lipinski definition) is 5. The number of nitrogens with zero attached hydrogens (tertiary/aromatic N) is 1. The van der Waals surface area contributed by atoms with Gasteiger partial charge in [-0.2, -0.15) is 0 Å². The lowest BCUT2D eigenvalue weighted by atomic mass is 9.62. The smallest absolute Gasteiger partial charge is 0.250 e. The molecule has 6 atom stereocenters. The molecule has 3 unspecified atom stereocenters. The zero-order valence-electron chi connectivity index (χ0n) is 22.2. The first-order valence-corrected chi connectivity index (χ1v) is 13.4. The van der Waals surface area contributed by atoms with Crippen LogP contribution in [0, 0.1) is 31.6 Å². The van der Waals surface area contributed by atoms with Gasteiger partial charge in [0.15, 0.2) is 0 Å². The summed E-state index contributed by atoms with van der Waals surface area (Å²) in [5, 5.41) is 15.3. The summed E-state index contributed by atoms with van der Waals surface area (Å²) < 4.78 is 6.73. The lowest BCUT2D eigenvalue weighted by Crippen LogP contribution is -2.54. The van der Waals surface area contributed by atoms with Crippen LogP contribution in [0.5, 0.6) is 0 Å². The molecule has 0 aliphatic carbocycles. The Morgan fingerprint density at radius 1 is 1.17 bits per heavy atom. The van der Waals surface area contributed by atoms with E-state index < -0.39 is 29.1 Å². The van der Waals surface area contributed by atoms with Gasteiger partial charge in [-0.15, -0.1) is 0 Å².